The zero-order valence-corrected chi connectivity index (χ0v) is 9.49. The summed E-state index contributed by atoms with van der Waals surface area (Å²) in [5.41, 5.74) is -0.962. The van der Waals surface area contributed by atoms with E-state index in [0.717, 1.165) is 32.1 Å². The number of hydrogen-bond donors (Lipinski definition) is 3. The van der Waals surface area contributed by atoms with E-state index in [1.54, 1.807) is 13.8 Å². The SMILES string of the molecule is CC(C)(NC1CCCCCC1O)C(=O)O. The van der Waals surface area contributed by atoms with Crippen LogP contribution in [0.25, 0.3) is 0 Å². The van der Waals surface area contributed by atoms with E-state index < -0.39 is 17.6 Å². The van der Waals surface area contributed by atoms with Gasteiger partial charge in [-0.2, -0.15) is 0 Å². The van der Waals surface area contributed by atoms with E-state index in [1.165, 1.54) is 0 Å². The first kappa shape index (κ1) is 12.5. The van der Waals surface area contributed by atoms with Crippen LogP contribution in [0.2, 0.25) is 0 Å². The van der Waals surface area contributed by atoms with Crippen molar-refractivity contribution in [3.05, 3.63) is 0 Å². The van der Waals surface area contributed by atoms with Gasteiger partial charge in [0.15, 0.2) is 0 Å². The molecule has 0 spiro atoms. The highest BCUT2D eigenvalue weighted by molar-refractivity contribution is 5.77. The van der Waals surface area contributed by atoms with Crippen molar-refractivity contribution in [2.45, 2.75) is 63.6 Å². The van der Waals surface area contributed by atoms with Gasteiger partial charge >= 0.3 is 5.97 Å². The molecule has 15 heavy (non-hydrogen) atoms. The summed E-state index contributed by atoms with van der Waals surface area (Å²) in [7, 11) is 0. The molecule has 0 aromatic rings. The highest BCUT2D eigenvalue weighted by Gasteiger charge is 2.32. The van der Waals surface area contributed by atoms with Gasteiger partial charge in [0.05, 0.1) is 6.10 Å². The molecule has 3 N–H and O–H groups in total. The molecule has 1 aliphatic carbocycles. The number of carboxylic acid groups (broad SMARTS) is 1. The molecule has 1 saturated carbocycles. The largest absolute Gasteiger partial charge is 0.480 e. The molecule has 0 aliphatic heterocycles. The van der Waals surface area contributed by atoms with Crippen molar-refractivity contribution in [3.8, 4) is 0 Å². The van der Waals surface area contributed by atoms with Gasteiger partial charge in [-0.1, -0.05) is 19.3 Å². The summed E-state index contributed by atoms with van der Waals surface area (Å²) >= 11 is 0. The molecule has 0 amide bonds. The molecule has 0 radical (unpaired) electrons. The lowest BCUT2D eigenvalue weighted by Gasteiger charge is -2.30. The maximum atomic E-state index is 10.9. The third-order valence-corrected chi connectivity index (χ3v) is 3.06. The Kier molecular flexibility index (Phi) is 4.11. The van der Waals surface area contributed by atoms with E-state index in [1.807, 2.05) is 0 Å². The van der Waals surface area contributed by atoms with Crippen molar-refractivity contribution < 1.29 is 15.0 Å². The van der Waals surface area contributed by atoms with Crippen LogP contribution in [0.4, 0.5) is 0 Å². The van der Waals surface area contributed by atoms with Gasteiger partial charge in [-0.15, -0.1) is 0 Å². The van der Waals surface area contributed by atoms with Gasteiger partial charge in [-0.25, -0.2) is 0 Å². The molecule has 2 atom stereocenters. The quantitative estimate of drug-likeness (QED) is 0.617. The predicted molar refractivity (Wildman–Crippen MR) is 57.7 cm³/mol. The van der Waals surface area contributed by atoms with Crippen molar-refractivity contribution >= 4 is 5.97 Å². The molecule has 4 nitrogen and oxygen atoms in total. The second-order valence-electron chi connectivity index (χ2n) is 4.89. The molecule has 0 bridgehead atoms. The van der Waals surface area contributed by atoms with Crippen LogP contribution in [-0.4, -0.2) is 33.9 Å². The van der Waals surface area contributed by atoms with Gasteiger partial charge in [0.2, 0.25) is 0 Å². The van der Waals surface area contributed by atoms with Crippen LogP contribution in [-0.2, 0) is 4.79 Å². The van der Waals surface area contributed by atoms with Crippen LogP contribution in [0.5, 0.6) is 0 Å². The fourth-order valence-electron chi connectivity index (χ4n) is 1.98. The third-order valence-electron chi connectivity index (χ3n) is 3.06. The second-order valence-corrected chi connectivity index (χ2v) is 4.89. The third kappa shape index (κ3) is 3.47. The maximum absolute atomic E-state index is 10.9. The summed E-state index contributed by atoms with van der Waals surface area (Å²) in [6, 6.07) is -0.0846. The Morgan fingerprint density at radius 1 is 1.27 bits per heavy atom. The Labute approximate surface area is 90.7 Å². The second kappa shape index (κ2) is 4.94. The summed E-state index contributed by atoms with van der Waals surface area (Å²) < 4.78 is 0. The fraction of sp³-hybridized carbons (Fsp3) is 0.909. The summed E-state index contributed by atoms with van der Waals surface area (Å²) in [6.45, 7) is 3.26. The Hall–Kier alpha value is -0.610. The number of hydrogen-bond acceptors (Lipinski definition) is 3. The minimum atomic E-state index is -0.962. The van der Waals surface area contributed by atoms with E-state index >= 15 is 0 Å². The summed E-state index contributed by atoms with van der Waals surface area (Å²) in [5.74, 6) is -0.876. The topological polar surface area (TPSA) is 69.6 Å². The molecule has 0 aromatic heterocycles. The standard InChI is InChI=1S/C11H21NO3/c1-11(2,10(14)15)12-8-6-4-3-5-7-9(8)13/h8-9,12-13H,3-7H2,1-2H3,(H,14,15). The van der Waals surface area contributed by atoms with Crippen LogP contribution in [0.15, 0.2) is 0 Å². The molecule has 1 aliphatic rings. The molecule has 4 heteroatoms. The lowest BCUT2D eigenvalue weighted by Crippen LogP contribution is -2.54. The van der Waals surface area contributed by atoms with Crippen LogP contribution in [0, 0.1) is 0 Å². The Bertz CT molecular complexity index is 228. The minimum absolute atomic E-state index is 0.0846. The van der Waals surface area contributed by atoms with Crippen molar-refractivity contribution in [3.63, 3.8) is 0 Å². The van der Waals surface area contributed by atoms with Gasteiger partial charge in [-0.3, -0.25) is 10.1 Å². The molecule has 0 aromatic carbocycles. The Morgan fingerprint density at radius 2 is 1.87 bits per heavy atom. The fourth-order valence-corrected chi connectivity index (χ4v) is 1.98. The number of nitrogens with one attached hydrogen (secondary N) is 1. The highest BCUT2D eigenvalue weighted by Crippen LogP contribution is 2.20. The number of rotatable bonds is 3. The lowest BCUT2D eigenvalue weighted by atomic mass is 9.99. The smallest absolute Gasteiger partial charge is 0.323 e. The molecular formula is C11H21NO3. The molecule has 0 heterocycles. The zero-order chi connectivity index (χ0) is 11.5. The summed E-state index contributed by atoms with van der Waals surface area (Å²) in [4.78, 5) is 10.9. The first-order chi connectivity index (χ1) is 6.93. The van der Waals surface area contributed by atoms with E-state index in [4.69, 9.17) is 5.11 Å². The van der Waals surface area contributed by atoms with Crippen molar-refractivity contribution in [1.82, 2.24) is 5.32 Å². The summed E-state index contributed by atoms with van der Waals surface area (Å²) in [6.07, 6.45) is 4.44. The van der Waals surface area contributed by atoms with Crippen LogP contribution >= 0.6 is 0 Å². The lowest BCUT2D eigenvalue weighted by molar-refractivity contribution is -0.144. The van der Waals surface area contributed by atoms with Gasteiger partial charge in [-0.05, 0) is 26.7 Å². The molecule has 1 rings (SSSR count). The van der Waals surface area contributed by atoms with Gasteiger partial charge in [0.25, 0.3) is 0 Å². The van der Waals surface area contributed by atoms with Gasteiger partial charge in [0.1, 0.15) is 5.54 Å². The van der Waals surface area contributed by atoms with Crippen molar-refractivity contribution in [2.24, 2.45) is 0 Å². The number of aliphatic hydroxyl groups is 1. The first-order valence-electron chi connectivity index (χ1n) is 5.62. The van der Waals surface area contributed by atoms with E-state index in [-0.39, 0.29) is 6.04 Å². The van der Waals surface area contributed by atoms with E-state index in [9.17, 15) is 9.90 Å². The van der Waals surface area contributed by atoms with Crippen LogP contribution in [0.1, 0.15) is 46.0 Å². The predicted octanol–water partition coefficient (Wildman–Crippen LogP) is 1.13. The molecule has 1 fully saturated rings. The van der Waals surface area contributed by atoms with Crippen LogP contribution < -0.4 is 5.32 Å². The number of aliphatic carboxylic acids is 1. The molecular weight excluding hydrogens is 194 g/mol. The number of carbonyl (C=O) groups is 1. The van der Waals surface area contributed by atoms with Gasteiger partial charge in [0, 0.05) is 6.04 Å². The molecule has 2 unspecified atom stereocenters. The minimum Gasteiger partial charge on any atom is -0.480 e. The Morgan fingerprint density at radius 3 is 2.47 bits per heavy atom. The normalized spacial score (nSPS) is 28.5. The zero-order valence-electron chi connectivity index (χ0n) is 9.49. The monoisotopic (exact) mass is 215 g/mol. The average molecular weight is 215 g/mol. The molecule has 0 saturated heterocycles. The Balaban J connectivity index is 2.58. The van der Waals surface area contributed by atoms with E-state index in [0.29, 0.717) is 0 Å². The number of aliphatic hydroxyl groups excluding tert-OH is 1. The van der Waals surface area contributed by atoms with Gasteiger partial charge < -0.3 is 10.2 Å². The van der Waals surface area contributed by atoms with E-state index in [2.05, 4.69) is 5.32 Å². The first-order valence-corrected chi connectivity index (χ1v) is 5.62. The van der Waals surface area contributed by atoms with Crippen molar-refractivity contribution in [1.29, 1.82) is 0 Å². The van der Waals surface area contributed by atoms with Crippen LogP contribution in [0.3, 0.4) is 0 Å². The molecule has 88 valence electrons. The average Bonchev–Trinajstić information content (AvgIpc) is 2.31. The summed E-state index contributed by atoms with van der Waals surface area (Å²) in [5, 5.41) is 21.9. The van der Waals surface area contributed by atoms with Crippen molar-refractivity contribution in [2.75, 3.05) is 0 Å². The highest BCUT2D eigenvalue weighted by atomic mass is 16.4. The number of carboxylic acids is 1. The maximum Gasteiger partial charge on any atom is 0.323 e.